The van der Waals surface area contributed by atoms with E-state index in [4.69, 9.17) is 10.00 Å². The van der Waals surface area contributed by atoms with Crippen molar-refractivity contribution in [1.82, 2.24) is 0 Å². The molecule has 168 valence electrons. The third-order valence-electron chi connectivity index (χ3n) is 8.49. The molecule has 4 unspecified atom stereocenters. The van der Waals surface area contributed by atoms with E-state index in [2.05, 4.69) is 6.92 Å². The van der Waals surface area contributed by atoms with E-state index in [0.717, 1.165) is 61.5 Å². The number of nitriles is 1. The van der Waals surface area contributed by atoms with Crippen LogP contribution in [0.2, 0.25) is 0 Å². The number of ether oxygens (including phenoxy) is 1. The van der Waals surface area contributed by atoms with Crippen LogP contribution >= 0.6 is 0 Å². The Bertz CT molecular complexity index is 841. The Kier molecular flexibility index (Phi) is 6.94. The molecule has 4 atom stereocenters. The lowest BCUT2D eigenvalue weighted by molar-refractivity contribution is -0.140. The number of carbonyl (C=O) groups excluding carboxylic acids is 1. The van der Waals surface area contributed by atoms with Gasteiger partial charge in [-0.3, -0.25) is 4.79 Å². The Morgan fingerprint density at radius 2 is 1.55 bits per heavy atom. The minimum Gasteiger partial charge on any atom is -0.423 e. The number of halogens is 2. The number of fused-ring (bicyclic) bond motifs is 1. The maximum absolute atomic E-state index is 14.1. The molecule has 3 aliphatic carbocycles. The van der Waals surface area contributed by atoms with Gasteiger partial charge in [0.25, 0.3) is 0 Å². The smallest absolute Gasteiger partial charge is 0.314 e. The standard InChI is InChI=1S/C26H33F2NO2/c1-2-16-3-4-21-14-20(10-9-19(21)13-16)17-5-7-18(8-6-17)26(30)31-23-12-11-22(15-29)24(27)25(23)28/h11-12,16-21H,2-10,13-14H2,1H3. The molecule has 3 nitrogen and oxygen atoms in total. The highest BCUT2D eigenvalue weighted by molar-refractivity contribution is 5.75. The molecule has 3 aliphatic rings. The van der Waals surface area contributed by atoms with Crippen molar-refractivity contribution in [1.29, 1.82) is 5.26 Å². The second-order valence-electron chi connectivity index (χ2n) is 10.1. The maximum atomic E-state index is 14.1. The van der Waals surface area contributed by atoms with Crippen molar-refractivity contribution in [3.8, 4) is 11.8 Å². The molecule has 3 fully saturated rings. The SMILES string of the molecule is CCC1CCC2CC(C3CCC(C(=O)Oc4ccc(C#N)c(F)c4F)CC3)CCC2C1. The topological polar surface area (TPSA) is 50.1 Å². The number of hydrogen-bond donors (Lipinski definition) is 0. The van der Waals surface area contributed by atoms with Gasteiger partial charge in [0, 0.05) is 0 Å². The van der Waals surface area contributed by atoms with Crippen molar-refractivity contribution in [3.63, 3.8) is 0 Å². The molecule has 1 aromatic carbocycles. The van der Waals surface area contributed by atoms with Crippen LogP contribution in [0.5, 0.6) is 5.75 Å². The molecule has 0 spiro atoms. The Labute approximate surface area is 184 Å². The Morgan fingerprint density at radius 3 is 2.23 bits per heavy atom. The third-order valence-corrected chi connectivity index (χ3v) is 8.49. The maximum Gasteiger partial charge on any atom is 0.314 e. The lowest BCUT2D eigenvalue weighted by Crippen LogP contribution is -2.35. The summed E-state index contributed by atoms with van der Waals surface area (Å²) in [6.45, 7) is 2.33. The number of hydrogen-bond acceptors (Lipinski definition) is 3. The highest BCUT2D eigenvalue weighted by Crippen LogP contribution is 2.49. The van der Waals surface area contributed by atoms with Crippen LogP contribution in [0.1, 0.15) is 83.1 Å². The van der Waals surface area contributed by atoms with Crippen LogP contribution in [-0.4, -0.2) is 5.97 Å². The van der Waals surface area contributed by atoms with Crippen molar-refractivity contribution in [2.75, 3.05) is 0 Å². The van der Waals surface area contributed by atoms with Crippen molar-refractivity contribution >= 4 is 5.97 Å². The minimum absolute atomic E-state index is 0.259. The number of nitrogens with zero attached hydrogens (tertiary/aromatic N) is 1. The van der Waals surface area contributed by atoms with Crippen LogP contribution in [0.25, 0.3) is 0 Å². The Hall–Kier alpha value is -1.96. The Morgan fingerprint density at radius 1 is 0.935 bits per heavy atom. The molecule has 0 saturated heterocycles. The van der Waals surface area contributed by atoms with Gasteiger partial charge in [0.05, 0.1) is 11.5 Å². The van der Waals surface area contributed by atoms with Crippen LogP contribution in [0.4, 0.5) is 8.78 Å². The van der Waals surface area contributed by atoms with Gasteiger partial charge in [0.1, 0.15) is 6.07 Å². The van der Waals surface area contributed by atoms with E-state index in [0.29, 0.717) is 5.92 Å². The van der Waals surface area contributed by atoms with Crippen LogP contribution in [0.3, 0.4) is 0 Å². The lowest BCUT2D eigenvalue weighted by Gasteiger charge is -2.45. The zero-order valence-corrected chi connectivity index (χ0v) is 18.4. The predicted molar refractivity (Wildman–Crippen MR) is 114 cm³/mol. The molecular formula is C26H33F2NO2. The van der Waals surface area contributed by atoms with Crippen LogP contribution < -0.4 is 4.74 Å². The molecule has 0 radical (unpaired) electrons. The van der Waals surface area contributed by atoms with E-state index < -0.39 is 28.9 Å². The average molecular weight is 430 g/mol. The second kappa shape index (κ2) is 9.67. The van der Waals surface area contributed by atoms with E-state index in [1.807, 2.05) is 0 Å². The molecular weight excluding hydrogens is 396 g/mol. The molecule has 0 bridgehead atoms. The summed E-state index contributed by atoms with van der Waals surface area (Å²) in [6.07, 6.45) is 13.2. The summed E-state index contributed by atoms with van der Waals surface area (Å²) in [6, 6.07) is 3.88. The van der Waals surface area contributed by atoms with Gasteiger partial charge in [-0.15, -0.1) is 0 Å². The molecule has 1 aromatic rings. The van der Waals surface area contributed by atoms with Crippen molar-refractivity contribution in [2.45, 2.75) is 77.6 Å². The molecule has 0 N–H and O–H groups in total. The minimum atomic E-state index is -1.27. The van der Waals surface area contributed by atoms with E-state index in [-0.39, 0.29) is 5.92 Å². The van der Waals surface area contributed by atoms with Gasteiger partial charge >= 0.3 is 5.97 Å². The lowest BCUT2D eigenvalue weighted by atomic mass is 9.61. The molecule has 4 rings (SSSR count). The van der Waals surface area contributed by atoms with E-state index >= 15 is 0 Å². The summed E-state index contributed by atoms with van der Waals surface area (Å²) in [5, 5.41) is 8.77. The summed E-state index contributed by atoms with van der Waals surface area (Å²) in [7, 11) is 0. The average Bonchev–Trinajstić information content (AvgIpc) is 2.81. The van der Waals surface area contributed by atoms with Gasteiger partial charge in [0.15, 0.2) is 11.6 Å². The summed E-state index contributed by atoms with van der Waals surface area (Å²) in [5.41, 5.74) is -0.393. The van der Waals surface area contributed by atoms with Gasteiger partial charge in [-0.25, -0.2) is 4.39 Å². The van der Waals surface area contributed by atoms with E-state index in [9.17, 15) is 13.6 Å². The van der Waals surface area contributed by atoms with E-state index in [1.54, 1.807) is 6.07 Å². The van der Waals surface area contributed by atoms with Crippen LogP contribution in [0, 0.1) is 58.5 Å². The summed E-state index contributed by atoms with van der Waals surface area (Å²) < 4.78 is 33.0. The number of benzene rings is 1. The normalized spacial score (nSPS) is 33.2. The summed E-state index contributed by atoms with van der Waals surface area (Å²) in [5.74, 6) is 0.532. The first-order valence-corrected chi connectivity index (χ1v) is 12.1. The highest BCUT2D eigenvalue weighted by Gasteiger charge is 2.39. The zero-order valence-electron chi connectivity index (χ0n) is 18.4. The summed E-state index contributed by atoms with van der Waals surface area (Å²) in [4.78, 5) is 12.5. The predicted octanol–water partition coefficient (Wildman–Crippen LogP) is 6.79. The third kappa shape index (κ3) is 4.78. The van der Waals surface area contributed by atoms with Gasteiger partial charge in [-0.2, -0.15) is 9.65 Å². The van der Waals surface area contributed by atoms with Crippen LogP contribution in [-0.2, 0) is 4.79 Å². The number of rotatable bonds is 4. The zero-order chi connectivity index (χ0) is 22.0. The second-order valence-corrected chi connectivity index (χ2v) is 10.1. The van der Waals surface area contributed by atoms with Gasteiger partial charge < -0.3 is 4.74 Å². The fraction of sp³-hybridized carbons (Fsp3) is 0.692. The molecule has 31 heavy (non-hydrogen) atoms. The molecule has 0 heterocycles. The molecule has 0 aromatic heterocycles. The van der Waals surface area contributed by atoms with Crippen molar-refractivity contribution in [3.05, 3.63) is 29.3 Å². The first-order chi connectivity index (χ1) is 15.0. The Balaban J connectivity index is 1.28. The van der Waals surface area contributed by atoms with Crippen molar-refractivity contribution in [2.24, 2.45) is 35.5 Å². The van der Waals surface area contributed by atoms with Gasteiger partial charge in [-0.1, -0.05) is 19.8 Å². The quantitative estimate of drug-likeness (QED) is 0.391. The van der Waals surface area contributed by atoms with Gasteiger partial charge in [0.2, 0.25) is 5.82 Å². The molecule has 3 saturated carbocycles. The van der Waals surface area contributed by atoms with Crippen LogP contribution in [0.15, 0.2) is 12.1 Å². The fourth-order valence-electron chi connectivity index (χ4n) is 6.54. The first kappa shape index (κ1) is 22.2. The monoisotopic (exact) mass is 429 g/mol. The summed E-state index contributed by atoms with van der Waals surface area (Å²) >= 11 is 0. The largest absolute Gasteiger partial charge is 0.423 e. The first-order valence-electron chi connectivity index (χ1n) is 12.1. The van der Waals surface area contributed by atoms with E-state index in [1.165, 1.54) is 44.9 Å². The number of esters is 1. The molecule has 0 amide bonds. The van der Waals surface area contributed by atoms with Gasteiger partial charge in [-0.05, 0) is 99.5 Å². The molecule has 0 aliphatic heterocycles. The molecule has 5 heteroatoms. The highest BCUT2D eigenvalue weighted by atomic mass is 19.2. The fourth-order valence-corrected chi connectivity index (χ4v) is 6.54. The number of carbonyl (C=O) groups is 1. The van der Waals surface area contributed by atoms with Crippen molar-refractivity contribution < 1.29 is 18.3 Å².